The Hall–Kier alpha value is -4.27. The summed E-state index contributed by atoms with van der Waals surface area (Å²) < 4.78 is 10.7. The highest BCUT2D eigenvalue weighted by Gasteiger charge is 2.15. The SMILES string of the molecule is COc1ccc2nc(C)c(C(=O)OCc3nc(N)nc(Nc4ccc(C)cc4)n3)cc2c1. The van der Waals surface area contributed by atoms with Crippen molar-refractivity contribution in [3.05, 3.63) is 71.2 Å². The van der Waals surface area contributed by atoms with E-state index in [0.29, 0.717) is 17.0 Å². The molecule has 2 aromatic carbocycles. The number of esters is 1. The van der Waals surface area contributed by atoms with Crippen molar-refractivity contribution in [3.63, 3.8) is 0 Å². The maximum absolute atomic E-state index is 12.7. The molecule has 0 spiro atoms. The van der Waals surface area contributed by atoms with Crippen molar-refractivity contribution in [2.75, 3.05) is 18.2 Å². The topological polar surface area (TPSA) is 125 Å². The molecule has 2 heterocycles. The zero-order valence-electron chi connectivity index (χ0n) is 17.9. The van der Waals surface area contributed by atoms with Crippen molar-refractivity contribution in [1.29, 1.82) is 0 Å². The fourth-order valence-corrected chi connectivity index (χ4v) is 3.12. The van der Waals surface area contributed by atoms with Crippen molar-refractivity contribution in [3.8, 4) is 5.75 Å². The van der Waals surface area contributed by atoms with Gasteiger partial charge in [-0.1, -0.05) is 17.7 Å². The summed E-state index contributed by atoms with van der Waals surface area (Å²) in [5.41, 5.74) is 9.41. The van der Waals surface area contributed by atoms with Crippen LogP contribution >= 0.6 is 0 Å². The molecule has 162 valence electrons. The van der Waals surface area contributed by atoms with Crippen LogP contribution in [0.25, 0.3) is 10.9 Å². The Morgan fingerprint density at radius 1 is 1.00 bits per heavy atom. The maximum atomic E-state index is 12.7. The number of carbonyl (C=O) groups is 1. The van der Waals surface area contributed by atoms with Gasteiger partial charge in [-0.15, -0.1) is 0 Å². The number of ether oxygens (including phenoxy) is 2. The molecule has 0 saturated carbocycles. The van der Waals surface area contributed by atoms with E-state index in [1.807, 2.05) is 49.4 Å². The van der Waals surface area contributed by atoms with Gasteiger partial charge in [0.25, 0.3) is 0 Å². The van der Waals surface area contributed by atoms with Crippen LogP contribution in [0.1, 0.15) is 27.4 Å². The molecule has 0 radical (unpaired) electrons. The number of fused-ring (bicyclic) bond motifs is 1. The number of aryl methyl sites for hydroxylation is 2. The molecule has 4 rings (SSSR count). The summed E-state index contributed by atoms with van der Waals surface area (Å²) in [4.78, 5) is 29.6. The van der Waals surface area contributed by atoms with Crippen LogP contribution in [0.3, 0.4) is 0 Å². The quantitative estimate of drug-likeness (QED) is 0.440. The zero-order chi connectivity index (χ0) is 22.7. The number of nitrogens with one attached hydrogen (secondary N) is 1. The number of anilines is 3. The summed E-state index contributed by atoms with van der Waals surface area (Å²) in [6.45, 7) is 3.59. The van der Waals surface area contributed by atoms with Gasteiger partial charge in [-0.2, -0.15) is 15.0 Å². The van der Waals surface area contributed by atoms with Crippen molar-refractivity contribution >= 4 is 34.5 Å². The lowest BCUT2D eigenvalue weighted by molar-refractivity contribution is 0.0461. The molecule has 0 unspecified atom stereocenters. The van der Waals surface area contributed by atoms with Gasteiger partial charge in [-0.3, -0.25) is 4.98 Å². The number of nitrogens with two attached hydrogens (primary N) is 1. The van der Waals surface area contributed by atoms with Crippen molar-refractivity contribution < 1.29 is 14.3 Å². The molecular weight excluding hydrogens is 408 g/mol. The molecule has 0 aliphatic heterocycles. The number of pyridine rings is 1. The van der Waals surface area contributed by atoms with Gasteiger partial charge in [0.1, 0.15) is 5.75 Å². The number of carbonyl (C=O) groups excluding carboxylic acids is 1. The molecule has 0 saturated heterocycles. The van der Waals surface area contributed by atoms with E-state index in [4.69, 9.17) is 15.2 Å². The average molecular weight is 430 g/mol. The number of nitrogens with zero attached hydrogens (tertiary/aromatic N) is 4. The van der Waals surface area contributed by atoms with E-state index < -0.39 is 5.97 Å². The Balaban J connectivity index is 1.50. The third-order valence-corrected chi connectivity index (χ3v) is 4.77. The van der Waals surface area contributed by atoms with E-state index in [9.17, 15) is 4.79 Å². The largest absolute Gasteiger partial charge is 0.497 e. The van der Waals surface area contributed by atoms with Gasteiger partial charge in [0.2, 0.25) is 11.9 Å². The average Bonchev–Trinajstić information content (AvgIpc) is 2.78. The summed E-state index contributed by atoms with van der Waals surface area (Å²) in [5, 5.41) is 3.84. The molecule has 0 aliphatic carbocycles. The molecule has 0 fully saturated rings. The monoisotopic (exact) mass is 430 g/mol. The molecule has 4 aromatic rings. The van der Waals surface area contributed by atoms with Crippen LogP contribution in [0.2, 0.25) is 0 Å². The molecule has 0 aliphatic rings. The first kappa shape index (κ1) is 21.0. The summed E-state index contributed by atoms with van der Waals surface area (Å²) in [7, 11) is 1.58. The molecule has 0 amide bonds. The van der Waals surface area contributed by atoms with E-state index in [-0.39, 0.29) is 24.3 Å². The van der Waals surface area contributed by atoms with Gasteiger partial charge in [0.05, 0.1) is 23.9 Å². The number of nitrogen functional groups attached to an aromatic ring is 1. The van der Waals surface area contributed by atoms with Crippen molar-refractivity contribution in [2.24, 2.45) is 0 Å². The predicted octanol–water partition coefficient (Wildman–Crippen LogP) is 3.73. The van der Waals surface area contributed by atoms with Gasteiger partial charge >= 0.3 is 5.97 Å². The fourth-order valence-electron chi connectivity index (χ4n) is 3.12. The van der Waals surface area contributed by atoms with Crippen LogP contribution in [0.15, 0.2) is 48.5 Å². The Bertz CT molecular complexity index is 1290. The van der Waals surface area contributed by atoms with Gasteiger partial charge < -0.3 is 20.5 Å². The van der Waals surface area contributed by atoms with E-state index in [0.717, 1.165) is 22.2 Å². The van der Waals surface area contributed by atoms with E-state index in [1.165, 1.54) is 0 Å². The number of rotatable bonds is 6. The minimum Gasteiger partial charge on any atom is -0.497 e. The van der Waals surface area contributed by atoms with Crippen LogP contribution in [-0.4, -0.2) is 33.0 Å². The lowest BCUT2D eigenvalue weighted by atomic mass is 10.1. The highest BCUT2D eigenvalue weighted by molar-refractivity contribution is 5.95. The summed E-state index contributed by atoms with van der Waals surface area (Å²) in [6.07, 6.45) is 0. The van der Waals surface area contributed by atoms with Crippen LogP contribution in [0, 0.1) is 13.8 Å². The molecule has 0 bridgehead atoms. The molecular formula is C23H22N6O3. The highest BCUT2D eigenvalue weighted by atomic mass is 16.5. The van der Waals surface area contributed by atoms with Crippen LogP contribution < -0.4 is 15.8 Å². The van der Waals surface area contributed by atoms with Crippen LogP contribution in [-0.2, 0) is 11.3 Å². The number of aromatic nitrogens is 4. The second kappa shape index (κ2) is 8.84. The fraction of sp³-hybridized carbons (Fsp3) is 0.174. The first-order chi connectivity index (χ1) is 15.4. The molecule has 32 heavy (non-hydrogen) atoms. The lowest BCUT2D eigenvalue weighted by Crippen LogP contribution is -2.12. The minimum absolute atomic E-state index is 0.0244. The Labute approximate surface area is 184 Å². The summed E-state index contributed by atoms with van der Waals surface area (Å²) >= 11 is 0. The van der Waals surface area contributed by atoms with E-state index in [2.05, 4.69) is 25.3 Å². The number of methoxy groups -OCH3 is 1. The van der Waals surface area contributed by atoms with E-state index >= 15 is 0 Å². The Morgan fingerprint density at radius 3 is 2.53 bits per heavy atom. The first-order valence-corrected chi connectivity index (χ1v) is 9.88. The van der Waals surface area contributed by atoms with Crippen LogP contribution in [0.4, 0.5) is 17.6 Å². The number of hydrogen-bond acceptors (Lipinski definition) is 9. The van der Waals surface area contributed by atoms with Gasteiger partial charge in [-0.25, -0.2) is 4.79 Å². The van der Waals surface area contributed by atoms with Crippen molar-refractivity contribution in [1.82, 2.24) is 19.9 Å². The zero-order valence-corrected chi connectivity index (χ0v) is 17.9. The third-order valence-electron chi connectivity index (χ3n) is 4.77. The molecule has 0 atom stereocenters. The van der Waals surface area contributed by atoms with Gasteiger partial charge in [0, 0.05) is 11.1 Å². The molecule has 2 aromatic heterocycles. The highest BCUT2D eigenvalue weighted by Crippen LogP contribution is 2.22. The van der Waals surface area contributed by atoms with E-state index in [1.54, 1.807) is 20.1 Å². The predicted molar refractivity (Wildman–Crippen MR) is 121 cm³/mol. The molecule has 3 N–H and O–H groups in total. The van der Waals surface area contributed by atoms with Crippen LogP contribution in [0.5, 0.6) is 5.75 Å². The maximum Gasteiger partial charge on any atom is 0.340 e. The lowest BCUT2D eigenvalue weighted by Gasteiger charge is -2.10. The van der Waals surface area contributed by atoms with Crippen molar-refractivity contribution in [2.45, 2.75) is 20.5 Å². The summed E-state index contributed by atoms with van der Waals surface area (Å²) in [5.74, 6) is 0.663. The third kappa shape index (κ3) is 4.72. The second-order valence-electron chi connectivity index (χ2n) is 7.18. The Kier molecular flexibility index (Phi) is 5.80. The standard InChI is InChI=1S/C23H22N6O3/c1-13-4-6-16(7-5-13)26-23-28-20(27-22(24)29-23)12-32-21(30)18-11-15-10-17(31-3)8-9-19(15)25-14(18)2/h4-11H,12H2,1-3H3,(H3,24,26,27,28,29). The first-order valence-electron chi connectivity index (χ1n) is 9.88. The van der Waals surface area contributed by atoms with Gasteiger partial charge in [0.15, 0.2) is 12.4 Å². The normalized spacial score (nSPS) is 10.7. The van der Waals surface area contributed by atoms with Gasteiger partial charge in [-0.05, 0) is 50.2 Å². The number of benzene rings is 2. The number of hydrogen-bond donors (Lipinski definition) is 2. The minimum atomic E-state index is -0.535. The second-order valence-corrected chi connectivity index (χ2v) is 7.18. The molecule has 9 heteroatoms. The summed E-state index contributed by atoms with van der Waals surface area (Å²) in [6, 6.07) is 14.9. The Morgan fingerprint density at radius 2 is 1.78 bits per heavy atom. The smallest absolute Gasteiger partial charge is 0.340 e. The molecule has 9 nitrogen and oxygen atoms in total.